The summed E-state index contributed by atoms with van der Waals surface area (Å²) in [5.41, 5.74) is 0. The van der Waals surface area contributed by atoms with E-state index in [2.05, 4.69) is 8.83 Å². The molecule has 0 aliphatic rings. The molecule has 16 heteroatoms. The summed E-state index contributed by atoms with van der Waals surface area (Å²) in [7, 11) is -10.7. The fourth-order valence-corrected chi connectivity index (χ4v) is 2.25. The van der Waals surface area contributed by atoms with Crippen LogP contribution < -0.4 is 59.1 Å². The van der Waals surface area contributed by atoms with Crippen molar-refractivity contribution < 1.29 is 117 Å². The van der Waals surface area contributed by atoms with Crippen LogP contribution in [-0.2, 0) is 22.8 Å². The van der Waals surface area contributed by atoms with Crippen molar-refractivity contribution in [3.05, 3.63) is 13.2 Å². The number of rotatable bonds is 9. The number of Topliss-reactive ketones (excluding diaryl/α,β-unsaturated/α-hetero) is 1. The minimum absolute atomic E-state index is 0. The van der Waals surface area contributed by atoms with Crippen molar-refractivity contribution in [2.45, 2.75) is 18.3 Å². The van der Waals surface area contributed by atoms with Crippen molar-refractivity contribution in [2.24, 2.45) is 0 Å². The monoisotopic (exact) mass is 384 g/mol. The molecule has 7 N–H and O–H groups in total. The van der Waals surface area contributed by atoms with Gasteiger partial charge in [0.2, 0.25) is 0 Å². The van der Waals surface area contributed by atoms with E-state index < -0.39 is 39.7 Å². The van der Waals surface area contributed by atoms with Crippen LogP contribution in [0.15, 0.2) is 0 Å². The number of hydrogen-bond donors (Lipinski definition) is 7. The Labute approximate surface area is 168 Å². The number of hydrogen-bond acceptors (Lipinski definition) is 9. The van der Waals surface area contributed by atoms with E-state index in [4.69, 9.17) is 35.1 Å². The van der Waals surface area contributed by atoms with Crippen LogP contribution in [0.1, 0.15) is 0 Å². The van der Waals surface area contributed by atoms with Crippen LogP contribution in [0, 0.1) is 13.2 Å². The van der Waals surface area contributed by atoms with Crippen LogP contribution in [0.2, 0.25) is 0 Å². The zero-order chi connectivity index (χ0) is 16.1. The van der Waals surface area contributed by atoms with Crippen molar-refractivity contribution in [1.29, 1.82) is 0 Å². The third-order valence-corrected chi connectivity index (χ3v) is 3.68. The maximum atomic E-state index is 11.1. The molecule has 0 radical (unpaired) electrons. The van der Waals surface area contributed by atoms with Gasteiger partial charge < -0.3 is 44.4 Å². The van der Waals surface area contributed by atoms with Gasteiger partial charge in [-0.1, -0.05) is 0 Å². The molecule has 0 spiro atoms. The van der Waals surface area contributed by atoms with Gasteiger partial charge in [0.25, 0.3) is 0 Å². The predicted molar refractivity (Wildman–Crippen MR) is 57.6 cm³/mol. The maximum absolute atomic E-state index is 11.1. The van der Waals surface area contributed by atoms with E-state index in [9.17, 15) is 13.9 Å². The molecule has 0 heterocycles. The van der Waals surface area contributed by atoms with Gasteiger partial charge >= 0.3 is 74.8 Å². The van der Waals surface area contributed by atoms with Gasteiger partial charge in [0.15, 0.2) is 0 Å². The zero-order valence-electron chi connectivity index (χ0n) is 11.5. The van der Waals surface area contributed by atoms with Gasteiger partial charge in [-0.2, -0.15) is 17.5 Å². The molecular weight excluding hydrogens is 372 g/mol. The summed E-state index contributed by atoms with van der Waals surface area (Å²) >= 11 is 0. The number of carbonyl (C=O) groups excluding carboxylic acids is 1. The first kappa shape index (κ1) is 28.4. The first-order chi connectivity index (χ1) is 8.89. The van der Waals surface area contributed by atoms with Gasteiger partial charge in [-0.25, -0.2) is 9.13 Å². The molecule has 0 aliphatic carbocycles. The Hall–Kier alpha value is 1.64. The van der Waals surface area contributed by atoms with Gasteiger partial charge in [-0.15, -0.1) is 0 Å². The molecule has 0 saturated heterocycles. The molecule has 0 aliphatic heterocycles. The standard InChI is InChI=1S/C6H12O12P2.2Na/c7-1-3(8)5(10)6(11)4(9)2-17-20(15,16)18-19(12,13)14;;/h1-3,5-8,10-11H,(H,15,16)(H2,12,13,14);;/q-2;2*+1/t3-,5-,6-;;/m1../s1. The summed E-state index contributed by atoms with van der Waals surface area (Å²) in [6, 6.07) is 0. The molecule has 4 atom stereocenters. The predicted octanol–water partition coefficient (Wildman–Crippen LogP) is -8.43. The molecule has 0 aromatic rings. The van der Waals surface area contributed by atoms with E-state index in [-0.39, 0.29) is 72.3 Å². The van der Waals surface area contributed by atoms with Crippen LogP contribution in [-0.4, -0.2) is 59.2 Å². The third-order valence-electron chi connectivity index (χ3n) is 1.63. The molecule has 1 unspecified atom stereocenters. The Bertz CT molecular complexity index is 426. The summed E-state index contributed by atoms with van der Waals surface area (Å²) in [4.78, 5) is 36.4. The molecule has 22 heavy (non-hydrogen) atoms. The molecule has 0 saturated carbocycles. The molecule has 0 bridgehead atoms. The average Bonchev–Trinajstić information content (AvgIpc) is 2.30. The summed E-state index contributed by atoms with van der Waals surface area (Å²) in [6.45, 7) is -0.0791. The Kier molecular flexibility index (Phi) is 15.6. The second-order valence-corrected chi connectivity index (χ2v) is 6.02. The SMILES string of the molecule is O=C([CH-]OP(=O)(O)OP(=O)(O)O)[C@@H](O)[C@H](O)[C@H](O)[CH-]O.[Na+].[Na+]. The Balaban J connectivity index is -0.00000180. The second-order valence-electron chi connectivity index (χ2n) is 3.24. The van der Waals surface area contributed by atoms with E-state index in [1.807, 2.05) is 0 Å². The molecular formula is C6H12Na2O12P2. The minimum Gasteiger partial charge on any atom is -0.563 e. The van der Waals surface area contributed by atoms with Gasteiger partial charge in [0.1, 0.15) is 6.10 Å². The molecule has 0 fully saturated rings. The Morgan fingerprint density at radius 3 is 1.86 bits per heavy atom. The van der Waals surface area contributed by atoms with Crippen molar-refractivity contribution in [3.8, 4) is 0 Å². The van der Waals surface area contributed by atoms with Crippen LogP contribution in [0.5, 0.6) is 0 Å². The van der Waals surface area contributed by atoms with Crippen LogP contribution >= 0.6 is 15.6 Å². The summed E-state index contributed by atoms with van der Waals surface area (Å²) < 4.78 is 28.2. The normalized spacial score (nSPS) is 18.0. The summed E-state index contributed by atoms with van der Waals surface area (Å²) in [5, 5.41) is 35.5. The molecule has 0 aromatic heterocycles. The van der Waals surface area contributed by atoms with E-state index in [0.717, 1.165) is 0 Å². The van der Waals surface area contributed by atoms with E-state index >= 15 is 0 Å². The Morgan fingerprint density at radius 2 is 1.50 bits per heavy atom. The van der Waals surface area contributed by atoms with Crippen molar-refractivity contribution >= 4 is 21.4 Å². The second kappa shape index (κ2) is 12.1. The van der Waals surface area contributed by atoms with E-state index in [1.54, 1.807) is 0 Å². The van der Waals surface area contributed by atoms with E-state index in [1.165, 1.54) is 0 Å². The topological polar surface area (TPSA) is 211 Å². The quantitative estimate of drug-likeness (QED) is 0.112. The van der Waals surface area contributed by atoms with Crippen molar-refractivity contribution in [3.63, 3.8) is 0 Å². The average molecular weight is 384 g/mol. The smallest absolute Gasteiger partial charge is 0.563 e. The number of carbonyl (C=O) groups is 1. The zero-order valence-corrected chi connectivity index (χ0v) is 17.2. The number of aliphatic hydroxyl groups is 4. The Morgan fingerprint density at radius 1 is 1.05 bits per heavy atom. The van der Waals surface area contributed by atoms with Crippen LogP contribution in [0.3, 0.4) is 0 Å². The van der Waals surface area contributed by atoms with Gasteiger partial charge in [0.05, 0.1) is 11.9 Å². The minimum atomic E-state index is -5.37. The van der Waals surface area contributed by atoms with Crippen LogP contribution in [0.25, 0.3) is 0 Å². The third kappa shape index (κ3) is 12.1. The van der Waals surface area contributed by atoms with Crippen LogP contribution in [0.4, 0.5) is 0 Å². The first-order valence-corrected chi connectivity index (χ1v) is 7.59. The molecule has 0 amide bonds. The van der Waals surface area contributed by atoms with Gasteiger partial charge in [-0.3, -0.25) is 0 Å². The maximum Gasteiger partial charge on any atom is 1.00 e. The van der Waals surface area contributed by atoms with Crippen molar-refractivity contribution in [1.82, 2.24) is 0 Å². The van der Waals surface area contributed by atoms with Gasteiger partial charge in [0, 0.05) is 0 Å². The number of phosphoric ester groups is 1. The molecule has 12 nitrogen and oxygen atoms in total. The number of aliphatic hydroxyl groups excluding tert-OH is 4. The molecule has 0 aromatic carbocycles. The number of ketones is 1. The fraction of sp³-hybridized carbons (Fsp3) is 0.500. The number of phosphoric acid groups is 2. The van der Waals surface area contributed by atoms with Crippen molar-refractivity contribution in [2.75, 3.05) is 0 Å². The molecule has 0 rings (SSSR count). The van der Waals surface area contributed by atoms with Gasteiger partial charge in [-0.05, 0) is 6.10 Å². The summed E-state index contributed by atoms with van der Waals surface area (Å²) in [5.74, 6) is -1.54. The summed E-state index contributed by atoms with van der Waals surface area (Å²) in [6.07, 6.45) is -6.51. The fourth-order valence-electron chi connectivity index (χ4n) is 0.785. The largest absolute Gasteiger partial charge is 1.00 e. The van der Waals surface area contributed by atoms with E-state index in [0.29, 0.717) is 0 Å². The molecule has 120 valence electrons. The first-order valence-electron chi connectivity index (χ1n) is 4.56.